The van der Waals surface area contributed by atoms with E-state index in [1.165, 1.54) is 19.3 Å². The van der Waals surface area contributed by atoms with E-state index in [2.05, 4.69) is 4.72 Å². The quantitative estimate of drug-likeness (QED) is 0.716. The van der Waals surface area contributed by atoms with Crippen LogP contribution in [0.2, 0.25) is 0 Å². The lowest BCUT2D eigenvalue weighted by Crippen LogP contribution is -2.36. The predicted octanol–water partition coefficient (Wildman–Crippen LogP) is 1.76. The Morgan fingerprint density at radius 2 is 1.59 bits per heavy atom. The van der Waals surface area contributed by atoms with Crippen LogP contribution >= 0.6 is 0 Å². The van der Waals surface area contributed by atoms with Gasteiger partial charge in [-0.25, -0.2) is 13.1 Å². The van der Waals surface area contributed by atoms with Crippen molar-refractivity contribution in [1.82, 2.24) is 4.72 Å². The van der Waals surface area contributed by atoms with E-state index >= 15 is 0 Å². The first-order valence-corrected chi connectivity index (χ1v) is 8.49. The molecule has 0 saturated heterocycles. The minimum atomic E-state index is -3.09. The molecule has 1 saturated carbocycles. The molecule has 0 aromatic rings. The van der Waals surface area contributed by atoms with E-state index in [0.717, 1.165) is 32.1 Å². The Morgan fingerprint density at radius 1 is 1.00 bits per heavy atom. The molecular weight excluding hydrogens is 236 g/mol. The van der Waals surface area contributed by atoms with Gasteiger partial charge in [-0.2, -0.15) is 0 Å². The summed E-state index contributed by atoms with van der Waals surface area (Å²) in [5, 5.41) is 0. The summed E-state index contributed by atoms with van der Waals surface area (Å²) in [6.45, 7) is 0.568. The molecule has 0 atom stereocenters. The van der Waals surface area contributed by atoms with Crippen LogP contribution in [0.4, 0.5) is 0 Å². The van der Waals surface area contributed by atoms with Gasteiger partial charge in [-0.1, -0.05) is 32.1 Å². The van der Waals surface area contributed by atoms with Gasteiger partial charge in [-0.15, -0.1) is 0 Å². The summed E-state index contributed by atoms with van der Waals surface area (Å²) < 4.78 is 26.5. The maximum atomic E-state index is 11.8. The SMILES string of the molecule is NCCCCS(=O)(=O)NC1CCCCCCC1. The summed E-state index contributed by atoms with van der Waals surface area (Å²) in [4.78, 5) is 0. The van der Waals surface area contributed by atoms with Gasteiger partial charge in [0.2, 0.25) is 10.0 Å². The molecular formula is C12H26N2O2S. The summed E-state index contributed by atoms with van der Waals surface area (Å²) in [6, 6.07) is 0.165. The lowest BCUT2D eigenvalue weighted by molar-refractivity contribution is 0.426. The number of hydrogen-bond acceptors (Lipinski definition) is 3. The number of nitrogens with one attached hydrogen (secondary N) is 1. The Labute approximate surface area is 105 Å². The predicted molar refractivity (Wildman–Crippen MR) is 71.3 cm³/mol. The second-order valence-electron chi connectivity index (χ2n) is 4.97. The zero-order chi connectivity index (χ0) is 12.6. The van der Waals surface area contributed by atoms with E-state index in [4.69, 9.17) is 5.73 Å². The van der Waals surface area contributed by atoms with Crippen LogP contribution in [0.1, 0.15) is 57.8 Å². The van der Waals surface area contributed by atoms with E-state index < -0.39 is 10.0 Å². The molecule has 1 fully saturated rings. The highest BCUT2D eigenvalue weighted by atomic mass is 32.2. The number of hydrogen-bond donors (Lipinski definition) is 2. The fraction of sp³-hybridized carbons (Fsp3) is 1.00. The van der Waals surface area contributed by atoms with Crippen LogP contribution in [-0.4, -0.2) is 26.8 Å². The molecule has 17 heavy (non-hydrogen) atoms. The van der Waals surface area contributed by atoms with Crippen molar-refractivity contribution in [2.24, 2.45) is 5.73 Å². The molecule has 0 aliphatic heterocycles. The van der Waals surface area contributed by atoms with Gasteiger partial charge in [0.25, 0.3) is 0 Å². The highest BCUT2D eigenvalue weighted by Gasteiger charge is 2.18. The van der Waals surface area contributed by atoms with Crippen LogP contribution in [0.15, 0.2) is 0 Å². The fourth-order valence-corrected chi connectivity index (χ4v) is 3.77. The summed E-state index contributed by atoms with van der Waals surface area (Å²) in [7, 11) is -3.09. The summed E-state index contributed by atoms with van der Waals surface area (Å²) in [6.07, 6.45) is 9.52. The van der Waals surface area contributed by atoms with Gasteiger partial charge in [0.05, 0.1) is 5.75 Å². The summed E-state index contributed by atoms with van der Waals surface area (Å²) in [5.41, 5.74) is 5.36. The third-order valence-electron chi connectivity index (χ3n) is 3.32. The van der Waals surface area contributed by atoms with Crippen LogP contribution < -0.4 is 10.5 Å². The van der Waals surface area contributed by atoms with Crippen LogP contribution in [0, 0.1) is 0 Å². The van der Waals surface area contributed by atoms with Gasteiger partial charge in [0.1, 0.15) is 0 Å². The topological polar surface area (TPSA) is 72.2 Å². The van der Waals surface area contributed by atoms with Gasteiger partial charge in [-0.05, 0) is 32.2 Å². The van der Waals surface area contributed by atoms with Gasteiger partial charge in [0.15, 0.2) is 0 Å². The van der Waals surface area contributed by atoms with E-state index in [-0.39, 0.29) is 11.8 Å². The van der Waals surface area contributed by atoms with Gasteiger partial charge in [0, 0.05) is 6.04 Å². The molecule has 1 aliphatic carbocycles. The van der Waals surface area contributed by atoms with Crippen LogP contribution in [-0.2, 0) is 10.0 Å². The first-order valence-electron chi connectivity index (χ1n) is 6.84. The molecule has 0 aromatic carbocycles. The van der Waals surface area contributed by atoms with E-state index in [9.17, 15) is 8.42 Å². The molecule has 0 amide bonds. The molecule has 0 bridgehead atoms. The molecule has 0 radical (unpaired) electrons. The molecule has 1 aliphatic rings. The van der Waals surface area contributed by atoms with Crippen molar-refractivity contribution in [2.45, 2.75) is 63.8 Å². The van der Waals surface area contributed by atoms with Crippen molar-refractivity contribution < 1.29 is 8.42 Å². The van der Waals surface area contributed by atoms with Crippen LogP contribution in [0.5, 0.6) is 0 Å². The zero-order valence-corrected chi connectivity index (χ0v) is 11.5. The smallest absolute Gasteiger partial charge is 0.211 e. The second-order valence-corrected chi connectivity index (χ2v) is 6.85. The van der Waals surface area contributed by atoms with Crippen molar-refractivity contribution in [1.29, 1.82) is 0 Å². The Balaban J connectivity index is 2.33. The average Bonchev–Trinajstić information content (AvgIpc) is 2.22. The maximum absolute atomic E-state index is 11.8. The lowest BCUT2D eigenvalue weighted by Gasteiger charge is -2.20. The largest absolute Gasteiger partial charge is 0.330 e. The monoisotopic (exact) mass is 262 g/mol. The van der Waals surface area contributed by atoms with Gasteiger partial charge < -0.3 is 5.73 Å². The highest BCUT2D eigenvalue weighted by molar-refractivity contribution is 7.89. The second kappa shape index (κ2) is 8.06. The van der Waals surface area contributed by atoms with Gasteiger partial charge in [-0.3, -0.25) is 0 Å². The third-order valence-corrected chi connectivity index (χ3v) is 4.84. The lowest BCUT2D eigenvalue weighted by atomic mass is 9.97. The molecule has 3 N–H and O–H groups in total. The number of rotatable bonds is 6. The highest BCUT2D eigenvalue weighted by Crippen LogP contribution is 2.17. The molecule has 0 aromatic heterocycles. The number of nitrogens with two attached hydrogens (primary N) is 1. The standard InChI is InChI=1S/C12H26N2O2S/c13-10-6-7-11-17(15,16)14-12-8-4-2-1-3-5-9-12/h12,14H,1-11,13H2. The maximum Gasteiger partial charge on any atom is 0.211 e. The van der Waals surface area contributed by atoms with Crippen LogP contribution in [0.25, 0.3) is 0 Å². The normalized spacial score (nSPS) is 19.8. The van der Waals surface area contributed by atoms with Crippen molar-refractivity contribution >= 4 is 10.0 Å². The Morgan fingerprint density at radius 3 is 2.18 bits per heavy atom. The molecule has 102 valence electrons. The molecule has 1 rings (SSSR count). The Kier molecular flexibility index (Phi) is 7.08. The fourth-order valence-electron chi connectivity index (χ4n) is 2.32. The number of sulfonamides is 1. The first kappa shape index (κ1) is 14.9. The first-order chi connectivity index (χ1) is 8.14. The van der Waals surface area contributed by atoms with Crippen LogP contribution in [0.3, 0.4) is 0 Å². The van der Waals surface area contributed by atoms with E-state index in [1.807, 2.05) is 0 Å². The molecule has 4 nitrogen and oxygen atoms in total. The Hall–Kier alpha value is -0.130. The van der Waals surface area contributed by atoms with E-state index in [1.54, 1.807) is 0 Å². The molecule has 0 heterocycles. The average molecular weight is 262 g/mol. The molecule has 5 heteroatoms. The van der Waals surface area contributed by atoms with Crippen molar-refractivity contribution in [3.05, 3.63) is 0 Å². The Bertz CT molecular complexity index is 283. The summed E-state index contributed by atoms with van der Waals surface area (Å²) >= 11 is 0. The van der Waals surface area contributed by atoms with Gasteiger partial charge >= 0.3 is 0 Å². The molecule has 0 unspecified atom stereocenters. The van der Waals surface area contributed by atoms with Crippen molar-refractivity contribution in [3.8, 4) is 0 Å². The third kappa shape index (κ3) is 7.01. The minimum Gasteiger partial charge on any atom is -0.330 e. The van der Waals surface area contributed by atoms with E-state index in [0.29, 0.717) is 13.0 Å². The number of unbranched alkanes of at least 4 members (excludes halogenated alkanes) is 1. The van der Waals surface area contributed by atoms with Crippen molar-refractivity contribution in [3.63, 3.8) is 0 Å². The van der Waals surface area contributed by atoms with Crippen molar-refractivity contribution in [2.75, 3.05) is 12.3 Å². The minimum absolute atomic E-state index is 0.165. The zero-order valence-electron chi connectivity index (χ0n) is 10.7. The molecule has 0 spiro atoms. The summed E-state index contributed by atoms with van der Waals surface area (Å²) in [5.74, 6) is 0.223.